The van der Waals surface area contributed by atoms with Gasteiger partial charge in [0.05, 0.1) is 0 Å². The molecule has 0 aliphatic heterocycles. The van der Waals surface area contributed by atoms with E-state index in [1.807, 2.05) is 4.13 Å². The average Bonchev–Trinajstić information content (AvgIpc) is 1.35. The molecule has 0 saturated heterocycles. The van der Waals surface area contributed by atoms with Crippen molar-refractivity contribution in [3.63, 3.8) is 0 Å². The molecule has 5 heteroatoms. The molecular weight excluding hydrogens is 122 g/mol. The minimum atomic E-state index is -2.55. The lowest BCUT2D eigenvalue weighted by molar-refractivity contribution is 0.493. The van der Waals surface area contributed by atoms with Crippen LogP contribution in [0.3, 0.4) is 0 Å². The summed E-state index contributed by atoms with van der Waals surface area (Å²) in [5, 5.41) is 0. The molecule has 0 radical (unpaired) electrons. The van der Waals surface area contributed by atoms with Gasteiger partial charge in [-0.2, -0.15) is 4.13 Å². The van der Waals surface area contributed by atoms with Crippen LogP contribution in [0.25, 0.3) is 0 Å². The first kappa shape index (κ1) is 6.58. The molecule has 0 unspecified atom stereocenters. The lowest BCUT2D eigenvalue weighted by atomic mass is 12.0. The number of thiol groups is 1. The van der Waals surface area contributed by atoms with Crippen LogP contribution in [0.4, 0.5) is 0 Å². The van der Waals surface area contributed by atoms with Gasteiger partial charge in [-0.3, -0.25) is 9.11 Å². The van der Waals surface area contributed by atoms with Crippen LogP contribution in [-0.2, 0) is 0 Å². The Morgan fingerprint density at radius 1 is 1.67 bits per heavy atom. The van der Waals surface area contributed by atoms with Crippen LogP contribution in [0.5, 0.6) is 0 Å². The van der Waals surface area contributed by atoms with Crippen LogP contribution in [0.2, 0.25) is 0 Å². The van der Waals surface area contributed by atoms with Crippen molar-refractivity contribution in [2.45, 2.75) is 0 Å². The minimum absolute atomic E-state index is 1.25. The van der Waals surface area contributed by atoms with Crippen molar-refractivity contribution in [1.82, 2.24) is 4.13 Å². The van der Waals surface area contributed by atoms with E-state index >= 15 is 0 Å². The van der Waals surface area contributed by atoms with Crippen molar-refractivity contribution < 1.29 is 9.11 Å². The van der Waals surface area contributed by atoms with Gasteiger partial charge in [0.15, 0.2) is 0 Å². The van der Waals surface area contributed by atoms with Crippen molar-refractivity contribution in [2.75, 3.05) is 6.26 Å². The summed E-state index contributed by atoms with van der Waals surface area (Å²) in [6, 6.07) is 0. The monoisotopic (exact) mass is 129 g/mol. The van der Waals surface area contributed by atoms with Crippen molar-refractivity contribution >= 4 is 23.6 Å². The SMILES string of the molecule is CS(O)(O)NS. The second-order valence-electron chi connectivity index (χ2n) is 0.925. The van der Waals surface area contributed by atoms with Gasteiger partial charge in [0, 0.05) is 6.26 Å². The van der Waals surface area contributed by atoms with Gasteiger partial charge in [-0.15, -0.1) is 10.8 Å². The summed E-state index contributed by atoms with van der Waals surface area (Å²) in [6.07, 6.45) is 1.25. The average molecular weight is 129 g/mol. The van der Waals surface area contributed by atoms with Gasteiger partial charge in [-0.05, 0) is 0 Å². The summed E-state index contributed by atoms with van der Waals surface area (Å²) < 4.78 is 18.5. The second-order valence-corrected chi connectivity index (χ2v) is 3.32. The predicted molar refractivity (Wildman–Crippen MR) is 30.9 cm³/mol. The zero-order valence-corrected chi connectivity index (χ0v) is 4.96. The van der Waals surface area contributed by atoms with Gasteiger partial charge >= 0.3 is 0 Å². The molecule has 0 bridgehead atoms. The molecule has 0 aliphatic rings. The predicted octanol–water partition coefficient (Wildman–Crippen LogP) is 0.716. The van der Waals surface area contributed by atoms with Crippen LogP contribution in [0.1, 0.15) is 0 Å². The number of nitrogens with one attached hydrogen (secondary N) is 1. The Balaban J connectivity index is 3.17. The molecule has 0 atom stereocenters. The zero-order chi connectivity index (χ0) is 5.21. The molecule has 0 rings (SSSR count). The van der Waals surface area contributed by atoms with E-state index in [0.29, 0.717) is 0 Å². The first-order valence-corrected chi connectivity index (χ1v) is 3.60. The maximum atomic E-state index is 8.28. The topological polar surface area (TPSA) is 52.5 Å². The Hall–Kier alpha value is 0.580. The van der Waals surface area contributed by atoms with Crippen molar-refractivity contribution in [3.8, 4) is 0 Å². The van der Waals surface area contributed by atoms with E-state index in [4.69, 9.17) is 9.11 Å². The van der Waals surface area contributed by atoms with E-state index in [1.165, 1.54) is 6.26 Å². The molecule has 40 valence electrons. The van der Waals surface area contributed by atoms with Crippen molar-refractivity contribution in [3.05, 3.63) is 0 Å². The van der Waals surface area contributed by atoms with Crippen LogP contribution in [-0.4, -0.2) is 15.4 Å². The van der Waals surface area contributed by atoms with Crippen LogP contribution in [0.15, 0.2) is 0 Å². The lowest BCUT2D eigenvalue weighted by Crippen LogP contribution is -2.05. The third kappa shape index (κ3) is 4.58. The summed E-state index contributed by atoms with van der Waals surface area (Å²) in [5.41, 5.74) is 0. The molecule has 0 aromatic carbocycles. The fourth-order valence-electron chi connectivity index (χ4n) is 0. The van der Waals surface area contributed by atoms with Crippen molar-refractivity contribution in [1.29, 1.82) is 0 Å². The van der Waals surface area contributed by atoms with E-state index < -0.39 is 10.8 Å². The molecule has 6 heavy (non-hydrogen) atoms. The molecule has 0 heterocycles. The Labute approximate surface area is 43.8 Å². The van der Waals surface area contributed by atoms with Crippen molar-refractivity contribution in [2.24, 2.45) is 0 Å². The summed E-state index contributed by atoms with van der Waals surface area (Å²) >= 11 is 3.39. The number of rotatable bonds is 1. The molecule has 0 aromatic heterocycles. The first-order valence-electron chi connectivity index (χ1n) is 1.20. The maximum absolute atomic E-state index is 8.28. The van der Waals surface area contributed by atoms with Gasteiger partial charge in [-0.1, -0.05) is 12.8 Å². The number of hydrogen-bond donors (Lipinski definition) is 4. The third-order valence-corrected chi connectivity index (χ3v) is 1.56. The van der Waals surface area contributed by atoms with Gasteiger partial charge in [0.1, 0.15) is 0 Å². The highest BCUT2D eigenvalue weighted by Gasteiger charge is 1.93. The van der Waals surface area contributed by atoms with Gasteiger partial charge in [0.25, 0.3) is 0 Å². The molecule has 3 N–H and O–H groups in total. The smallest absolute Gasteiger partial charge is 0.0425 e. The summed E-state index contributed by atoms with van der Waals surface area (Å²) in [7, 11) is -2.55. The van der Waals surface area contributed by atoms with E-state index in [9.17, 15) is 0 Å². The Kier molecular flexibility index (Phi) is 2.23. The minimum Gasteiger partial charge on any atom is -0.285 e. The highest BCUT2D eigenvalue weighted by molar-refractivity contribution is 8.26. The highest BCUT2D eigenvalue weighted by atomic mass is 32.3. The fraction of sp³-hybridized carbons (Fsp3) is 1.00. The van der Waals surface area contributed by atoms with E-state index in [-0.39, 0.29) is 0 Å². The maximum Gasteiger partial charge on any atom is 0.0425 e. The zero-order valence-electron chi connectivity index (χ0n) is 3.25. The Morgan fingerprint density at radius 3 is 1.83 bits per heavy atom. The van der Waals surface area contributed by atoms with E-state index in [0.717, 1.165) is 0 Å². The summed E-state index contributed by atoms with van der Waals surface area (Å²) in [4.78, 5) is 0. The largest absolute Gasteiger partial charge is 0.285 e. The quantitative estimate of drug-likeness (QED) is 0.394. The molecule has 0 amide bonds. The van der Waals surface area contributed by atoms with Crippen LogP contribution >= 0.6 is 23.6 Å². The summed E-state index contributed by atoms with van der Waals surface area (Å²) in [5.74, 6) is 0. The van der Waals surface area contributed by atoms with Gasteiger partial charge < -0.3 is 0 Å². The van der Waals surface area contributed by atoms with Crippen LogP contribution in [0, 0.1) is 0 Å². The molecule has 3 nitrogen and oxygen atoms in total. The van der Waals surface area contributed by atoms with E-state index in [1.54, 1.807) is 0 Å². The molecular formula is CH7NO2S2. The third-order valence-electron chi connectivity index (χ3n) is 0.173. The Morgan fingerprint density at radius 2 is 1.83 bits per heavy atom. The number of hydrogen-bond acceptors (Lipinski definition) is 4. The normalized spacial score (nSPS) is 14.7. The van der Waals surface area contributed by atoms with Gasteiger partial charge in [0.2, 0.25) is 0 Å². The highest BCUT2D eigenvalue weighted by Crippen LogP contribution is 2.26. The van der Waals surface area contributed by atoms with Gasteiger partial charge in [-0.25, -0.2) is 0 Å². The molecule has 0 fully saturated rings. The Bertz CT molecular complexity index is 41.3. The molecule has 0 spiro atoms. The fourth-order valence-corrected chi connectivity index (χ4v) is 0. The molecule has 0 aliphatic carbocycles. The van der Waals surface area contributed by atoms with Crippen LogP contribution < -0.4 is 4.13 Å². The lowest BCUT2D eigenvalue weighted by Gasteiger charge is -2.23. The summed E-state index contributed by atoms with van der Waals surface area (Å²) in [6.45, 7) is 0. The molecule has 0 saturated carbocycles. The second kappa shape index (κ2) is 2.04. The standard InChI is InChI=1S/CH7NO2S2/c1-6(3,4)2-5/h2-5H,1H3. The molecule has 0 aromatic rings. The first-order chi connectivity index (χ1) is 2.56. The van der Waals surface area contributed by atoms with E-state index in [2.05, 4.69) is 12.8 Å².